The number of halogens is 2. The Bertz CT molecular complexity index is 1020. The van der Waals surface area contributed by atoms with E-state index in [-0.39, 0.29) is 5.33 Å². The summed E-state index contributed by atoms with van der Waals surface area (Å²) in [5, 5.41) is 0.114. The zero-order valence-corrected chi connectivity index (χ0v) is 26.6. The van der Waals surface area contributed by atoms with Gasteiger partial charge in [-0.15, -0.1) is 0 Å². The lowest BCUT2D eigenvalue weighted by Crippen LogP contribution is -2.66. The van der Waals surface area contributed by atoms with E-state index in [1.54, 1.807) is 0 Å². The van der Waals surface area contributed by atoms with Gasteiger partial charge in [0, 0.05) is 46.6 Å². The Labute approximate surface area is 261 Å². The molecule has 0 amide bonds. The van der Waals surface area contributed by atoms with Crippen molar-refractivity contribution >= 4 is 45.8 Å². The normalized spacial score (nSPS) is 35.6. The van der Waals surface area contributed by atoms with Crippen molar-refractivity contribution in [2.45, 2.75) is 122 Å². The van der Waals surface area contributed by atoms with Crippen LogP contribution in [0.2, 0.25) is 0 Å². The molecule has 250 valence electrons. The molecule has 11 atom stereocenters. The van der Waals surface area contributed by atoms with E-state index in [1.807, 2.05) is 0 Å². The highest BCUT2D eigenvalue weighted by Gasteiger charge is 2.57. The lowest BCUT2D eigenvalue weighted by atomic mass is 9.96. The van der Waals surface area contributed by atoms with Gasteiger partial charge in [0.25, 0.3) is 0 Å². The molecule has 0 saturated carbocycles. The molecular weight excluding hydrogens is 663 g/mol. The van der Waals surface area contributed by atoms with Crippen LogP contribution in [-0.2, 0) is 71.3 Å². The molecule has 0 N–H and O–H groups in total. The van der Waals surface area contributed by atoms with Gasteiger partial charge >= 0.3 is 29.8 Å². The molecule has 44 heavy (non-hydrogen) atoms. The molecule has 3 aliphatic rings. The molecule has 17 heteroatoms. The molecule has 3 fully saturated rings. The van der Waals surface area contributed by atoms with Crippen LogP contribution in [0.4, 0.5) is 4.39 Å². The molecule has 3 saturated heterocycles. The quantitative estimate of drug-likeness (QED) is 0.171. The third-order valence-electron chi connectivity index (χ3n) is 6.72. The molecule has 0 bridgehead atoms. The maximum absolute atomic E-state index is 15.2. The smallest absolute Gasteiger partial charge is 0.303 e. The third kappa shape index (κ3) is 10.0. The first-order valence-corrected chi connectivity index (χ1v) is 15.2. The summed E-state index contributed by atoms with van der Waals surface area (Å²) in [4.78, 5) is 60.1. The molecule has 3 heterocycles. The topological polar surface area (TPSA) is 178 Å². The molecule has 5 unspecified atom stereocenters. The number of hydrogen-bond donors (Lipinski definition) is 0. The Morgan fingerprint density at radius 1 is 0.682 bits per heavy atom. The minimum absolute atomic E-state index is 0.114. The number of carbonyl (C=O) groups is 5. The van der Waals surface area contributed by atoms with Gasteiger partial charge in [0.2, 0.25) is 6.36 Å². The largest absolute Gasteiger partial charge is 0.463 e. The molecule has 0 aliphatic carbocycles. The first-order valence-electron chi connectivity index (χ1n) is 14.1. The van der Waals surface area contributed by atoms with E-state index < -0.39 is 104 Å². The maximum Gasteiger partial charge on any atom is 0.303 e. The summed E-state index contributed by atoms with van der Waals surface area (Å²) in [6.07, 6.45) is -13.5. The number of carbonyl (C=O) groups excluding carboxylic acids is 5. The lowest BCUT2D eigenvalue weighted by molar-refractivity contribution is -0.357. The molecule has 3 aliphatic heterocycles. The van der Waals surface area contributed by atoms with E-state index in [1.165, 1.54) is 0 Å². The fourth-order valence-corrected chi connectivity index (χ4v) is 5.60. The van der Waals surface area contributed by atoms with Crippen molar-refractivity contribution in [2.75, 3.05) is 18.5 Å². The molecule has 0 spiro atoms. The van der Waals surface area contributed by atoms with Crippen LogP contribution in [0, 0.1) is 0 Å². The number of ether oxygens (including phenoxy) is 10. The number of hydrogen-bond acceptors (Lipinski definition) is 15. The molecule has 3 rings (SSSR count). The summed E-state index contributed by atoms with van der Waals surface area (Å²) in [7, 11) is 0. The number of esters is 5. The first kappa shape index (κ1) is 36.0. The van der Waals surface area contributed by atoms with Crippen LogP contribution in [0.3, 0.4) is 0 Å². The standard InChI is InChI=1S/C27H38BrFO15/c1-12(30)36-11-18-21(22(37-13(2)31)24(26(29)41-18)39-15(4)33)44-27-25(40-16(5)34)23(38-14(3)32)20(17(10-28)42-27)43-19-8-6-7-9-35-19/h17-27H,6-11H2,1-5H3/t17?,18?,19?,20-,21-,22+,23+,24?,25?,26+,27-/m1/s1. The SMILES string of the molecule is CC(=O)OCC1O[C@H](F)C(OC(C)=O)[C@@H](OC(C)=O)[C@@H]1O[C@H]1OC(CBr)[C@@H](OC2CCCCO2)[C@H](OC(C)=O)C1OC(C)=O. The summed E-state index contributed by atoms with van der Waals surface area (Å²) in [5.41, 5.74) is 0. The highest BCUT2D eigenvalue weighted by Crippen LogP contribution is 2.36. The van der Waals surface area contributed by atoms with E-state index >= 15 is 4.39 Å². The Morgan fingerprint density at radius 3 is 1.75 bits per heavy atom. The first-order chi connectivity index (χ1) is 20.8. The van der Waals surface area contributed by atoms with Gasteiger partial charge in [0.1, 0.15) is 31.0 Å². The van der Waals surface area contributed by atoms with Gasteiger partial charge in [-0.1, -0.05) is 15.9 Å². The number of rotatable bonds is 11. The zero-order valence-electron chi connectivity index (χ0n) is 25.0. The van der Waals surface area contributed by atoms with Crippen molar-refractivity contribution in [3.05, 3.63) is 0 Å². The van der Waals surface area contributed by atoms with Gasteiger partial charge in [-0.25, -0.2) is 4.39 Å². The van der Waals surface area contributed by atoms with Crippen LogP contribution in [0.1, 0.15) is 53.9 Å². The molecule has 0 aromatic carbocycles. The van der Waals surface area contributed by atoms with E-state index in [0.29, 0.717) is 13.0 Å². The molecule has 0 radical (unpaired) electrons. The predicted octanol–water partition coefficient (Wildman–Crippen LogP) is 1.39. The summed E-state index contributed by atoms with van der Waals surface area (Å²) >= 11 is 3.37. The van der Waals surface area contributed by atoms with E-state index in [4.69, 9.17) is 47.4 Å². The summed E-state index contributed by atoms with van der Waals surface area (Å²) in [6.45, 7) is 5.30. The van der Waals surface area contributed by atoms with Crippen molar-refractivity contribution in [3.8, 4) is 0 Å². The van der Waals surface area contributed by atoms with Crippen LogP contribution < -0.4 is 0 Å². The van der Waals surface area contributed by atoms with Crippen LogP contribution >= 0.6 is 15.9 Å². The summed E-state index contributed by atoms with van der Waals surface area (Å²) < 4.78 is 71.4. The van der Waals surface area contributed by atoms with Gasteiger partial charge in [0.15, 0.2) is 37.0 Å². The Hall–Kier alpha value is -2.44. The second kappa shape index (κ2) is 16.7. The van der Waals surface area contributed by atoms with Gasteiger partial charge < -0.3 is 47.4 Å². The van der Waals surface area contributed by atoms with Gasteiger partial charge in [-0.05, 0) is 19.3 Å². The molecule has 15 nitrogen and oxygen atoms in total. The average Bonchev–Trinajstić information content (AvgIpc) is 2.93. The minimum Gasteiger partial charge on any atom is -0.463 e. The predicted molar refractivity (Wildman–Crippen MR) is 144 cm³/mol. The fourth-order valence-electron chi connectivity index (χ4n) is 5.07. The van der Waals surface area contributed by atoms with Gasteiger partial charge in [0.05, 0.1) is 0 Å². The van der Waals surface area contributed by atoms with Crippen LogP contribution in [0.25, 0.3) is 0 Å². The second-order valence-corrected chi connectivity index (χ2v) is 11.0. The van der Waals surface area contributed by atoms with E-state index in [9.17, 15) is 24.0 Å². The fraction of sp³-hybridized carbons (Fsp3) is 0.815. The van der Waals surface area contributed by atoms with E-state index in [2.05, 4.69) is 15.9 Å². The average molecular weight is 701 g/mol. The minimum atomic E-state index is -2.32. The third-order valence-corrected chi connectivity index (χ3v) is 7.36. The van der Waals surface area contributed by atoms with Gasteiger partial charge in [-0.3, -0.25) is 24.0 Å². The highest BCUT2D eigenvalue weighted by molar-refractivity contribution is 9.09. The lowest BCUT2D eigenvalue weighted by Gasteiger charge is -2.48. The molecule has 0 aromatic rings. The van der Waals surface area contributed by atoms with Crippen molar-refractivity contribution < 1.29 is 75.7 Å². The van der Waals surface area contributed by atoms with E-state index in [0.717, 1.165) is 47.5 Å². The Morgan fingerprint density at radius 2 is 1.23 bits per heavy atom. The summed E-state index contributed by atoms with van der Waals surface area (Å²) in [5.74, 6) is -4.08. The van der Waals surface area contributed by atoms with Crippen LogP contribution in [-0.4, -0.2) is 116 Å². The van der Waals surface area contributed by atoms with Crippen LogP contribution in [0.5, 0.6) is 0 Å². The maximum atomic E-state index is 15.2. The van der Waals surface area contributed by atoms with Crippen molar-refractivity contribution in [3.63, 3.8) is 0 Å². The van der Waals surface area contributed by atoms with Crippen LogP contribution in [0.15, 0.2) is 0 Å². The number of alkyl halides is 2. The van der Waals surface area contributed by atoms with Gasteiger partial charge in [-0.2, -0.15) is 0 Å². The van der Waals surface area contributed by atoms with Crippen molar-refractivity contribution in [1.29, 1.82) is 0 Å². The molecule has 0 aromatic heterocycles. The molecular formula is C27H38BrFO15. The Balaban J connectivity index is 2.03. The zero-order chi connectivity index (χ0) is 32.6. The second-order valence-electron chi connectivity index (χ2n) is 10.3. The monoisotopic (exact) mass is 700 g/mol. The Kier molecular flexibility index (Phi) is 13.7. The van der Waals surface area contributed by atoms with Crippen molar-refractivity contribution in [2.24, 2.45) is 0 Å². The summed E-state index contributed by atoms with van der Waals surface area (Å²) in [6, 6.07) is 0. The highest BCUT2D eigenvalue weighted by atomic mass is 79.9. The van der Waals surface area contributed by atoms with Crippen molar-refractivity contribution in [1.82, 2.24) is 0 Å².